The summed E-state index contributed by atoms with van der Waals surface area (Å²) in [6.07, 6.45) is 7.94. The summed E-state index contributed by atoms with van der Waals surface area (Å²) in [5, 5.41) is 2.40. The molecule has 1 N–H and O–H groups in total. The fourth-order valence-corrected chi connectivity index (χ4v) is 3.70. The van der Waals surface area contributed by atoms with E-state index >= 15 is 0 Å². The van der Waals surface area contributed by atoms with E-state index in [1.807, 2.05) is 6.20 Å². The molecule has 0 amide bonds. The number of nitrogens with one attached hydrogen (secondary N) is 1. The summed E-state index contributed by atoms with van der Waals surface area (Å²) in [4.78, 5) is 10.4. The third kappa shape index (κ3) is 4.53. The van der Waals surface area contributed by atoms with Crippen LogP contribution >= 0.6 is 12.4 Å². The van der Waals surface area contributed by atoms with Crippen LogP contribution in [0.15, 0.2) is 24.4 Å². The van der Waals surface area contributed by atoms with E-state index in [2.05, 4.69) is 47.2 Å². The molecule has 0 aliphatic heterocycles. The zero-order valence-corrected chi connectivity index (χ0v) is 17.8. The van der Waals surface area contributed by atoms with Crippen molar-refractivity contribution in [1.29, 1.82) is 0 Å². The van der Waals surface area contributed by atoms with E-state index in [0.717, 1.165) is 47.8 Å². The van der Waals surface area contributed by atoms with Crippen molar-refractivity contribution in [3.8, 4) is 11.5 Å². The van der Waals surface area contributed by atoms with Crippen molar-refractivity contribution in [3.63, 3.8) is 0 Å². The normalized spacial score (nSPS) is 13.9. The number of benzene rings is 1. The molecular weight excluding hydrogens is 374 g/mol. The third-order valence-corrected chi connectivity index (χ3v) is 5.37. The summed E-state index contributed by atoms with van der Waals surface area (Å²) in [5.41, 5.74) is 3.40. The van der Waals surface area contributed by atoms with Gasteiger partial charge in [-0.25, -0.2) is 0 Å². The van der Waals surface area contributed by atoms with E-state index in [9.17, 15) is 0 Å². The number of methoxy groups -OCH3 is 1. The fraction of sp³-hybridized carbons (Fsp3) is 0.500. The van der Waals surface area contributed by atoms with Crippen molar-refractivity contribution < 1.29 is 9.47 Å². The summed E-state index contributed by atoms with van der Waals surface area (Å²) in [6.45, 7) is 1.68. The van der Waals surface area contributed by atoms with Crippen molar-refractivity contribution >= 4 is 34.2 Å². The molecule has 4 rings (SSSR count). The predicted molar refractivity (Wildman–Crippen MR) is 117 cm³/mol. The molecule has 0 unspecified atom stereocenters. The van der Waals surface area contributed by atoms with Crippen molar-refractivity contribution in [1.82, 2.24) is 14.9 Å². The molecule has 1 fully saturated rings. The second-order valence-electron chi connectivity index (χ2n) is 7.84. The van der Waals surface area contributed by atoms with Gasteiger partial charge in [0.1, 0.15) is 0 Å². The highest BCUT2D eigenvalue weighted by atomic mass is 35.5. The second kappa shape index (κ2) is 9.01. The molecule has 2 heterocycles. The Labute approximate surface area is 172 Å². The number of fused-ring (bicyclic) bond motifs is 3. The Morgan fingerprint density at radius 1 is 1.18 bits per heavy atom. The standard InChI is InChI=1S/C22H29N3O2.ClH/c1-25(2)11-4-12-27-21-14-19-16(13-20(21)26-3)22-17(8-7-15-5-6-15)23-10-9-18(22)24-19;/h9-10,13-15,24H,4-8,11-12H2,1-3H3;1H. The summed E-state index contributed by atoms with van der Waals surface area (Å²) < 4.78 is 11.6. The average molecular weight is 404 g/mol. The molecule has 5 nitrogen and oxygen atoms in total. The highest BCUT2D eigenvalue weighted by Gasteiger charge is 2.22. The van der Waals surface area contributed by atoms with Crippen LogP contribution in [-0.2, 0) is 6.42 Å². The number of aryl methyl sites for hydroxylation is 1. The van der Waals surface area contributed by atoms with E-state index in [1.54, 1.807) is 7.11 Å². The molecule has 152 valence electrons. The molecule has 1 aliphatic carbocycles. The number of pyridine rings is 1. The van der Waals surface area contributed by atoms with Crippen molar-refractivity contribution in [2.24, 2.45) is 5.92 Å². The lowest BCUT2D eigenvalue weighted by Crippen LogP contribution is -2.15. The van der Waals surface area contributed by atoms with E-state index in [-0.39, 0.29) is 12.4 Å². The van der Waals surface area contributed by atoms with Gasteiger partial charge in [-0.05, 0) is 51.4 Å². The van der Waals surface area contributed by atoms with Gasteiger partial charge in [-0.15, -0.1) is 12.4 Å². The Morgan fingerprint density at radius 3 is 2.71 bits per heavy atom. The van der Waals surface area contributed by atoms with E-state index in [4.69, 9.17) is 9.47 Å². The Balaban J connectivity index is 0.00000225. The van der Waals surface area contributed by atoms with Crippen LogP contribution in [0.3, 0.4) is 0 Å². The fourth-order valence-electron chi connectivity index (χ4n) is 3.70. The van der Waals surface area contributed by atoms with E-state index < -0.39 is 0 Å². The number of halogens is 1. The van der Waals surface area contributed by atoms with E-state index in [0.29, 0.717) is 6.61 Å². The van der Waals surface area contributed by atoms with Crippen molar-refractivity contribution in [3.05, 3.63) is 30.1 Å². The predicted octanol–water partition coefficient (Wildman–Crippen LogP) is 4.82. The molecule has 0 saturated heterocycles. The Morgan fingerprint density at radius 2 is 2.00 bits per heavy atom. The average Bonchev–Trinajstić information content (AvgIpc) is 3.42. The first kappa shape index (κ1) is 20.7. The van der Waals surface area contributed by atoms with Crippen molar-refractivity contribution in [2.75, 3.05) is 34.4 Å². The molecule has 0 atom stereocenters. The molecule has 0 spiro atoms. The minimum Gasteiger partial charge on any atom is -0.493 e. The maximum atomic E-state index is 6.01. The highest BCUT2D eigenvalue weighted by molar-refractivity contribution is 6.09. The van der Waals surface area contributed by atoms with Gasteiger partial charge in [-0.1, -0.05) is 12.8 Å². The van der Waals surface area contributed by atoms with Crippen LogP contribution in [0.5, 0.6) is 11.5 Å². The number of rotatable bonds is 9. The number of nitrogens with zero attached hydrogens (tertiary/aromatic N) is 2. The van der Waals surface area contributed by atoms with Gasteiger partial charge >= 0.3 is 0 Å². The Bertz CT molecular complexity index is 934. The lowest BCUT2D eigenvalue weighted by Gasteiger charge is -2.13. The zero-order valence-electron chi connectivity index (χ0n) is 17.0. The number of aromatic amines is 1. The van der Waals surface area contributed by atoms with Crippen LogP contribution in [-0.4, -0.2) is 49.2 Å². The van der Waals surface area contributed by atoms with Crippen molar-refractivity contribution in [2.45, 2.75) is 32.1 Å². The van der Waals surface area contributed by atoms with Gasteiger partial charge in [0.2, 0.25) is 0 Å². The summed E-state index contributed by atoms with van der Waals surface area (Å²) in [7, 11) is 5.85. The largest absolute Gasteiger partial charge is 0.493 e. The van der Waals surface area contributed by atoms with Crippen LogP contribution in [0.25, 0.3) is 21.8 Å². The molecule has 2 aromatic heterocycles. The molecule has 6 heteroatoms. The van der Waals surface area contributed by atoms with Gasteiger partial charge in [0, 0.05) is 35.1 Å². The third-order valence-electron chi connectivity index (χ3n) is 5.37. The minimum atomic E-state index is 0. The van der Waals surface area contributed by atoms with Gasteiger partial charge < -0.3 is 19.4 Å². The Hall–Kier alpha value is -1.98. The van der Waals surface area contributed by atoms with Gasteiger partial charge in [0.25, 0.3) is 0 Å². The zero-order chi connectivity index (χ0) is 18.8. The topological polar surface area (TPSA) is 50.4 Å². The molecule has 1 aromatic carbocycles. The monoisotopic (exact) mass is 403 g/mol. The number of H-pyrrole nitrogens is 1. The molecule has 0 bridgehead atoms. The number of hydrogen-bond acceptors (Lipinski definition) is 4. The molecule has 1 saturated carbocycles. The van der Waals surface area contributed by atoms with E-state index in [1.165, 1.54) is 35.7 Å². The van der Waals surface area contributed by atoms with Gasteiger partial charge in [0.05, 0.1) is 24.9 Å². The molecule has 0 radical (unpaired) electrons. The first-order valence-electron chi connectivity index (χ1n) is 9.90. The number of aromatic nitrogens is 2. The summed E-state index contributed by atoms with van der Waals surface area (Å²) >= 11 is 0. The summed E-state index contributed by atoms with van der Waals surface area (Å²) in [5.74, 6) is 2.48. The van der Waals surface area contributed by atoms with Crippen LogP contribution in [0, 0.1) is 5.92 Å². The lowest BCUT2D eigenvalue weighted by molar-refractivity contribution is 0.268. The first-order chi connectivity index (χ1) is 13.2. The number of hydrogen-bond donors (Lipinski definition) is 1. The molecular formula is C22H30ClN3O2. The van der Waals surface area contributed by atoms with Crippen LogP contribution in [0.1, 0.15) is 31.4 Å². The lowest BCUT2D eigenvalue weighted by atomic mass is 10.1. The second-order valence-corrected chi connectivity index (χ2v) is 7.84. The smallest absolute Gasteiger partial charge is 0.163 e. The minimum absolute atomic E-state index is 0. The van der Waals surface area contributed by atoms with Gasteiger partial charge in [-0.2, -0.15) is 0 Å². The highest BCUT2D eigenvalue weighted by Crippen LogP contribution is 2.38. The Kier molecular flexibility index (Phi) is 6.68. The maximum Gasteiger partial charge on any atom is 0.163 e. The van der Waals surface area contributed by atoms with Gasteiger partial charge in [0.15, 0.2) is 11.5 Å². The summed E-state index contributed by atoms with van der Waals surface area (Å²) in [6, 6.07) is 6.21. The maximum absolute atomic E-state index is 6.01. The van der Waals surface area contributed by atoms with Gasteiger partial charge in [-0.3, -0.25) is 4.98 Å². The quantitative estimate of drug-likeness (QED) is 0.520. The first-order valence-corrected chi connectivity index (χ1v) is 9.90. The van der Waals surface area contributed by atoms with Crippen LogP contribution < -0.4 is 9.47 Å². The number of ether oxygens (including phenoxy) is 2. The molecule has 3 aromatic rings. The molecule has 28 heavy (non-hydrogen) atoms. The van der Waals surface area contributed by atoms with Crippen LogP contribution in [0.4, 0.5) is 0 Å². The van der Waals surface area contributed by atoms with Crippen LogP contribution in [0.2, 0.25) is 0 Å². The SMILES string of the molecule is COc1cc2c(cc1OCCCN(C)C)[nH]c1ccnc(CCC3CC3)c12.Cl. The molecule has 1 aliphatic rings.